The molecule has 7 rings (SSSR count). The number of fused-ring (bicyclic) bond motifs is 3. The van der Waals surface area contributed by atoms with Crippen LogP contribution in [0.15, 0.2) is 48.7 Å². The van der Waals surface area contributed by atoms with Crippen LogP contribution in [0.3, 0.4) is 0 Å². The maximum absolute atomic E-state index is 15.9. The van der Waals surface area contributed by atoms with E-state index in [1.54, 1.807) is 24.4 Å². The number of hydrogen-bond donors (Lipinski definition) is 1. The Hall–Kier alpha value is -3.32. The van der Waals surface area contributed by atoms with Crippen LogP contribution in [0.4, 0.5) is 8.78 Å². The molecule has 1 N–H and O–H groups in total. The highest BCUT2D eigenvalue weighted by Crippen LogP contribution is 2.58. The van der Waals surface area contributed by atoms with E-state index in [4.69, 9.17) is 4.74 Å². The van der Waals surface area contributed by atoms with Crippen LogP contribution in [0.2, 0.25) is 0 Å². The van der Waals surface area contributed by atoms with Crippen molar-refractivity contribution in [2.45, 2.75) is 49.7 Å². The molecule has 0 spiro atoms. The van der Waals surface area contributed by atoms with Gasteiger partial charge in [-0.2, -0.15) is 4.98 Å². The van der Waals surface area contributed by atoms with E-state index in [-0.39, 0.29) is 34.0 Å². The van der Waals surface area contributed by atoms with Gasteiger partial charge in [0.15, 0.2) is 5.82 Å². The highest BCUT2D eigenvalue weighted by atomic mass is 19.1. The molecule has 1 saturated carbocycles. The molecule has 2 saturated heterocycles. The molecule has 2 aliphatic heterocycles. The second-order valence-electron chi connectivity index (χ2n) is 10.2. The summed E-state index contributed by atoms with van der Waals surface area (Å²) in [4.78, 5) is 11.5. The first kappa shape index (κ1) is 21.0. The first-order valence-corrected chi connectivity index (χ1v) is 12.3. The van der Waals surface area contributed by atoms with Crippen LogP contribution >= 0.6 is 0 Å². The van der Waals surface area contributed by atoms with Gasteiger partial charge in [0.2, 0.25) is 0 Å². The zero-order valence-corrected chi connectivity index (χ0v) is 19.2. The summed E-state index contributed by atoms with van der Waals surface area (Å²) in [5.41, 5.74) is 0.566. The van der Waals surface area contributed by atoms with Crippen LogP contribution in [0.25, 0.3) is 32.8 Å². The fraction of sp³-hybridized carbons (Fsp3) is 0.357. The van der Waals surface area contributed by atoms with Gasteiger partial charge in [-0.15, -0.1) is 0 Å². The van der Waals surface area contributed by atoms with Gasteiger partial charge in [-0.3, -0.25) is 4.90 Å². The van der Waals surface area contributed by atoms with Gasteiger partial charge >= 0.3 is 6.01 Å². The molecule has 0 amide bonds. The summed E-state index contributed by atoms with van der Waals surface area (Å²) in [6, 6.07) is 10.8. The lowest BCUT2D eigenvalue weighted by molar-refractivity contribution is 0.00812. The van der Waals surface area contributed by atoms with Crippen LogP contribution in [0, 0.1) is 11.6 Å². The van der Waals surface area contributed by atoms with Gasteiger partial charge in [0.05, 0.1) is 5.54 Å². The lowest BCUT2D eigenvalue weighted by Gasteiger charge is -2.39. The number of phenols is 1. The number of benzene rings is 3. The molecule has 3 fully saturated rings. The molecule has 4 aromatic rings. The third-order valence-electron chi connectivity index (χ3n) is 8.34. The largest absolute Gasteiger partial charge is 0.508 e. The van der Waals surface area contributed by atoms with E-state index in [2.05, 4.69) is 14.9 Å². The molecule has 1 aliphatic carbocycles. The Morgan fingerprint density at radius 2 is 1.66 bits per heavy atom. The normalized spacial score (nSPS) is 20.4. The molecule has 1 aromatic heterocycles. The highest BCUT2D eigenvalue weighted by Gasteiger charge is 2.67. The Morgan fingerprint density at radius 3 is 2.43 bits per heavy atom. The summed E-state index contributed by atoms with van der Waals surface area (Å²) in [5.74, 6) is -0.985. The summed E-state index contributed by atoms with van der Waals surface area (Å²) < 4.78 is 36.5. The molecule has 0 unspecified atom stereocenters. The fourth-order valence-electron chi connectivity index (χ4n) is 6.64. The van der Waals surface area contributed by atoms with E-state index in [0.29, 0.717) is 21.7 Å². The summed E-state index contributed by atoms with van der Waals surface area (Å²) in [5, 5.41) is 11.9. The van der Waals surface area contributed by atoms with E-state index in [1.165, 1.54) is 37.1 Å². The molecule has 0 bridgehead atoms. The number of hydrogen-bond acceptors (Lipinski definition) is 5. The van der Waals surface area contributed by atoms with Crippen molar-refractivity contribution in [3.05, 3.63) is 60.3 Å². The van der Waals surface area contributed by atoms with Crippen LogP contribution in [-0.4, -0.2) is 44.2 Å². The molecule has 35 heavy (non-hydrogen) atoms. The van der Waals surface area contributed by atoms with Crippen LogP contribution in [0.5, 0.6) is 11.8 Å². The van der Waals surface area contributed by atoms with Crippen molar-refractivity contribution in [3.8, 4) is 22.9 Å². The quantitative estimate of drug-likeness (QED) is 0.396. The molecule has 0 atom stereocenters. The number of nitrogens with zero attached hydrogens (tertiary/aromatic N) is 3. The Morgan fingerprint density at radius 1 is 0.886 bits per heavy atom. The van der Waals surface area contributed by atoms with Crippen LogP contribution in [-0.2, 0) is 0 Å². The van der Waals surface area contributed by atoms with Crippen molar-refractivity contribution in [3.63, 3.8) is 0 Å². The van der Waals surface area contributed by atoms with Crippen molar-refractivity contribution in [1.82, 2.24) is 14.9 Å². The van der Waals surface area contributed by atoms with Crippen LogP contribution in [0.1, 0.15) is 38.5 Å². The maximum atomic E-state index is 15.9. The van der Waals surface area contributed by atoms with Gasteiger partial charge in [-0.05, 0) is 92.2 Å². The summed E-state index contributed by atoms with van der Waals surface area (Å²) in [6.07, 6.45) is 8.14. The van der Waals surface area contributed by atoms with Crippen molar-refractivity contribution in [1.29, 1.82) is 0 Å². The third kappa shape index (κ3) is 3.07. The molecule has 5 nitrogen and oxygen atoms in total. The number of rotatable bonds is 4. The number of ether oxygens (including phenoxy) is 1. The first-order valence-electron chi connectivity index (χ1n) is 12.3. The highest BCUT2D eigenvalue weighted by molar-refractivity contribution is 5.99. The lowest BCUT2D eigenvalue weighted by atomic mass is 9.85. The van der Waals surface area contributed by atoms with Gasteiger partial charge < -0.3 is 9.84 Å². The molecule has 178 valence electrons. The lowest BCUT2D eigenvalue weighted by Crippen LogP contribution is -2.53. The van der Waals surface area contributed by atoms with Crippen LogP contribution < -0.4 is 4.74 Å². The molecule has 3 heterocycles. The van der Waals surface area contributed by atoms with Gasteiger partial charge in [-0.25, -0.2) is 13.8 Å². The fourth-order valence-corrected chi connectivity index (χ4v) is 6.64. The predicted octanol–water partition coefficient (Wildman–Crippen LogP) is 5.97. The minimum Gasteiger partial charge on any atom is -0.508 e. The molecule has 3 aromatic carbocycles. The smallest absolute Gasteiger partial charge is 0.317 e. The van der Waals surface area contributed by atoms with Crippen molar-refractivity contribution < 1.29 is 18.6 Å². The Balaban J connectivity index is 1.32. The number of halogens is 2. The number of aromatic hydroxyl groups is 1. The predicted molar refractivity (Wildman–Crippen MR) is 129 cm³/mol. The Bertz CT molecular complexity index is 1490. The average Bonchev–Trinajstić information content (AvgIpc) is 3.31. The van der Waals surface area contributed by atoms with E-state index in [0.717, 1.165) is 38.8 Å². The third-order valence-corrected chi connectivity index (χ3v) is 8.34. The molecule has 3 aliphatic rings. The Kier molecular flexibility index (Phi) is 4.40. The monoisotopic (exact) mass is 473 g/mol. The van der Waals surface area contributed by atoms with Crippen molar-refractivity contribution in [2.24, 2.45) is 0 Å². The average molecular weight is 474 g/mol. The number of phenolic OH excluding ortho intramolecular Hbond substituents is 1. The zero-order valence-electron chi connectivity index (χ0n) is 19.2. The SMILES string of the molecule is Oc1cc(-c2ccc3cnc(OC4(C56CCCN5CCC6)CC4)nc3c2F)c2cc(F)ccc2c1. The van der Waals surface area contributed by atoms with E-state index >= 15 is 4.39 Å². The van der Waals surface area contributed by atoms with Gasteiger partial charge in [0.25, 0.3) is 0 Å². The maximum Gasteiger partial charge on any atom is 0.317 e. The molecular weight excluding hydrogens is 448 g/mol. The van der Waals surface area contributed by atoms with Crippen molar-refractivity contribution in [2.75, 3.05) is 13.1 Å². The van der Waals surface area contributed by atoms with Gasteiger partial charge in [0, 0.05) is 17.1 Å². The Labute approximate surface area is 201 Å². The van der Waals surface area contributed by atoms with E-state index < -0.39 is 11.6 Å². The molecule has 7 heteroatoms. The second kappa shape index (κ2) is 7.34. The van der Waals surface area contributed by atoms with E-state index in [1.807, 2.05) is 0 Å². The van der Waals surface area contributed by atoms with Crippen molar-refractivity contribution >= 4 is 21.7 Å². The molecule has 0 radical (unpaired) electrons. The second-order valence-corrected chi connectivity index (χ2v) is 10.2. The van der Waals surface area contributed by atoms with E-state index in [9.17, 15) is 9.50 Å². The first-order chi connectivity index (χ1) is 17.0. The molecular formula is C28H25F2N3O2. The number of aromatic nitrogens is 2. The van der Waals surface area contributed by atoms with Gasteiger partial charge in [-0.1, -0.05) is 18.2 Å². The standard InChI is InChI=1S/C28H25F2N3O2/c29-19-5-3-17-13-20(34)15-23(22(17)14-19)21-6-4-18-16-31-26(32-25(18)24(21)30)35-28(9-10-28)27-7-1-11-33(27)12-2-8-27/h3-6,13-16,34H,1-2,7-12H2. The minimum absolute atomic E-state index is 0.0158. The topological polar surface area (TPSA) is 58.5 Å². The summed E-state index contributed by atoms with van der Waals surface area (Å²) in [6.45, 7) is 2.22. The van der Waals surface area contributed by atoms with Gasteiger partial charge in [0.1, 0.15) is 22.7 Å². The minimum atomic E-state index is -0.544. The summed E-state index contributed by atoms with van der Waals surface area (Å²) >= 11 is 0. The zero-order chi connectivity index (χ0) is 23.8. The summed E-state index contributed by atoms with van der Waals surface area (Å²) in [7, 11) is 0.